The number of nitriles is 1. The molecular weight excluding hydrogens is 554 g/mol. The first kappa shape index (κ1) is 32.3. The van der Waals surface area contributed by atoms with Crippen LogP contribution in [0.1, 0.15) is 48.2 Å². The maximum Gasteiger partial charge on any atom is 0.255 e. The molecule has 8 nitrogen and oxygen atoms in total. The van der Waals surface area contributed by atoms with Crippen molar-refractivity contribution in [3.63, 3.8) is 0 Å². The highest BCUT2D eigenvalue weighted by molar-refractivity contribution is 6.05. The summed E-state index contributed by atoms with van der Waals surface area (Å²) in [7, 11) is 5.19. The molecule has 1 heterocycles. The zero-order valence-corrected chi connectivity index (χ0v) is 26.4. The van der Waals surface area contributed by atoms with Crippen LogP contribution in [0.25, 0.3) is 22.3 Å². The van der Waals surface area contributed by atoms with Crippen molar-refractivity contribution in [1.29, 1.82) is 5.26 Å². The molecule has 0 radical (unpaired) electrons. The molecule has 1 atom stereocenters. The Balaban J connectivity index is 1.40. The average Bonchev–Trinajstić information content (AvgIpc) is 3.04. The van der Waals surface area contributed by atoms with Gasteiger partial charge in [0.15, 0.2) is 22.5 Å². The quantitative estimate of drug-likeness (QED) is 0.192. The lowest BCUT2D eigenvalue weighted by Gasteiger charge is -2.32. The fraction of sp³-hybridized carbons (Fsp3) is 0.361. The van der Waals surface area contributed by atoms with Gasteiger partial charge in [-0.2, -0.15) is 5.26 Å². The Kier molecular flexibility index (Phi) is 10.5. The molecule has 0 saturated heterocycles. The molecule has 8 heteroatoms. The van der Waals surface area contributed by atoms with E-state index in [9.17, 15) is 14.9 Å². The molecule has 230 valence electrons. The van der Waals surface area contributed by atoms with Crippen LogP contribution in [0.2, 0.25) is 0 Å². The molecule has 0 aliphatic heterocycles. The fourth-order valence-electron chi connectivity index (χ4n) is 5.68. The van der Waals surface area contributed by atoms with Crippen LogP contribution >= 0.6 is 0 Å². The summed E-state index contributed by atoms with van der Waals surface area (Å²) in [4.78, 5) is 28.5. The molecule has 0 spiro atoms. The Bertz CT molecular complexity index is 1710. The molecule has 1 aromatic heterocycles. The summed E-state index contributed by atoms with van der Waals surface area (Å²) < 4.78 is 17.1. The Morgan fingerprint density at radius 2 is 1.75 bits per heavy atom. The highest BCUT2D eigenvalue weighted by atomic mass is 16.5. The molecule has 4 aromatic rings. The third-order valence-electron chi connectivity index (χ3n) is 8.40. The van der Waals surface area contributed by atoms with E-state index in [1.807, 2.05) is 55.6 Å². The van der Waals surface area contributed by atoms with E-state index in [2.05, 4.69) is 30.1 Å². The molecule has 4 rings (SSSR count). The van der Waals surface area contributed by atoms with Gasteiger partial charge in [0, 0.05) is 24.2 Å². The molecule has 0 aliphatic carbocycles. The lowest BCUT2D eigenvalue weighted by molar-refractivity contribution is 0.0950. The number of nitrogens with zero attached hydrogens (tertiary/aromatic N) is 2. The highest BCUT2D eigenvalue weighted by Crippen LogP contribution is 2.40. The van der Waals surface area contributed by atoms with Crippen LogP contribution in [0.5, 0.6) is 11.5 Å². The number of nitrogens with one attached hydrogen (secondary N) is 1. The van der Waals surface area contributed by atoms with Gasteiger partial charge in [-0.05, 0) is 69.1 Å². The molecule has 1 amide bonds. The second kappa shape index (κ2) is 14.2. The molecule has 0 saturated carbocycles. The van der Waals surface area contributed by atoms with Gasteiger partial charge in [0.2, 0.25) is 0 Å². The van der Waals surface area contributed by atoms with E-state index in [1.165, 1.54) is 0 Å². The first-order valence-corrected chi connectivity index (χ1v) is 14.9. The van der Waals surface area contributed by atoms with Gasteiger partial charge >= 0.3 is 0 Å². The highest BCUT2D eigenvalue weighted by Gasteiger charge is 2.36. The summed E-state index contributed by atoms with van der Waals surface area (Å²) in [5.74, 6) is 1.49. The maximum atomic E-state index is 13.3. The van der Waals surface area contributed by atoms with Crippen LogP contribution in [0.4, 0.5) is 0 Å². The monoisotopic (exact) mass is 595 g/mol. The van der Waals surface area contributed by atoms with Gasteiger partial charge < -0.3 is 24.1 Å². The van der Waals surface area contributed by atoms with Crippen LogP contribution in [-0.4, -0.2) is 51.7 Å². The number of benzene rings is 3. The molecule has 0 aliphatic rings. The second-order valence-electron chi connectivity index (χ2n) is 11.4. The number of methoxy groups -OCH3 is 2. The number of amides is 1. The van der Waals surface area contributed by atoms with Gasteiger partial charge in [-0.1, -0.05) is 56.3 Å². The van der Waals surface area contributed by atoms with Gasteiger partial charge in [0.05, 0.1) is 36.7 Å². The normalized spacial score (nSPS) is 12.6. The topological polar surface area (TPSA) is 105 Å². The van der Waals surface area contributed by atoms with Gasteiger partial charge in [0.1, 0.15) is 5.76 Å². The standard InChI is InChI=1S/C36H41N3O5/c1-24(2)36(23-37,27-16-17-30(42-5)31(22-27)43-6)18-11-20-39(4)21-19-38-35(41)29-15-10-14-28-32(40)25(3)33(44-34(28)29)26-12-8-7-9-13-26/h7-10,12-17,22,24H,11,18-21H2,1-6H3,(H,38,41). The lowest BCUT2D eigenvalue weighted by atomic mass is 9.69. The zero-order chi connectivity index (χ0) is 31.9. The summed E-state index contributed by atoms with van der Waals surface area (Å²) in [6.07, 6.45) is 1.46. The van der Waals surface area contributed by atoms with Crippen molar-refractivity contribution in [3.8, 4) is 28.9 Å². The van der Waals surface area contributed by atoms with Crippen molar-refractivity contribution in [3.05, 3.63) is 93.6 Å². The number of carbonyl (C=O) groups excluding carboxylic acids is 1. The first-order chi connectivity index (χ1) is 21.2. The van der Waals surface area contributed by atoms with E-state index in [-0.39, 0.29) is 22.8 Å². The minimum atomic E-state index is -0.677. The summed E-state index contributed by atoms with van der Waals surface area (Å²) >= 11 is 0. The second-order valence-corrected chi connectivity index (χ2v) is 11.4. The third kappa shape index (κ3) is 6.63. The first-order valence-electron chi connectivity index (χ1n) is 14.9. The zero-order valence-electron chi connectivity index (χ0n) is 26.4. The number of carbonyl (C=O) groups is 1. The molecule has 1 unspecified atom stereocenters. The van der Waals surface area contributed by atoms with Crippen LogP contribution in [0.3, 0.4) is 0 Å². The van der Waals surface area contributed by atoms with Crippen molar-refractivity contribution in [1.82, 2.24) is 10.2 Å². The number of hydrogen-bond donors (Lipinski definition) is 1. The molecule has 0 fully saturated rings. The Hall–Kier alpha value is -4.61. The van der Waals surface area contributed by atoms with Gasteiger partial charge in [-0.15, -0.1) is 0 Å². The Morgan fingerprint density at radius 1 is 1.02 bits per heavy atom. The third-order valence-corrected chi connectivity index (χ3v) is 8.40. The van der Waals surface area contributed by atoms with E-state index in [4.69, 9.17) is 13.9 Å². The lowest BCUT2D eigenvalue weighted by Crippen LogP contribution is -2.35. The number of fused-ring (bicyclic) bond motifs is 1. The number of rotatable bonds is 13. The van der Waals surface area contributed by atoms with E-state index in [0.717, 1.165) is 24.1 Å². The van der Waals surface area contributed by atoms with Crippen molar-refractivity contribution < 1.29 is 18.7 Å². The average molecular weight is 596 g/mol. The summed E-state index contributed by atoms with van der Waals surface area (Å²) in [6, 6.07) is 22.8. The smallest absolute Gasteiger partial charge is 0.255 e. The number of hydrogen-bond acceptors (Lipinski definition) is 7. The Morgan fingerprint density at radius 3 is 2.41 bits per heavy atom. The molecule has 0 bridgehead atoms. The largest absolute Gasteiger partial charge is 0.493 e. The Labute approximate surface area is 259 Å². The number of para-hydroxylation sites is 1. The summed E-state index contributed by atoms with van der Waals surface area (Å²) in [5, 5.41) is 13.7. The minimum Gasteiger partial charge on any atom is -0.493 e. The van der Waals surface area contributed by atoms with Crippen molar-refractivity contribution in [2.75, 3.05) is 40.9 Å². The van der Waals surface area contributed by atoms with Crippen LogP contribution in [0, 0.1) is 24.2 Å². The fourth-order valence-corrected chi connectivity index (χ4v) is 5.68. The van der Waals surface area contributed by atoms with Gasteiger partial charge in [0.25, 0.3) is 5.91 Å². The number of likely N-dealkylation sites (N-methyl/N-ethyl adjacent to an activating group) is 1. The van der Waals surface area contributed by atoms with Crippen LogP contribution in [0.15, 0.2) is 75.9 Å². The van der Waals surface area contributed by atoms with Crippen LogP contribution in [-0.2, 0) is 5.41 Å². The van der Waals surface area contributed by atoms with Gasteiger partial charge in [-0.25, -0.2) is 0 Å². The maximum absolute atomic E-state index is 13.3. The summed E-state index contributed by atoms with van der Waals surface area (Å²) in [6.45, 7) is 7.66. The predicted octanol–water partition coefficient (Wildman–Crippen LogP) is 6.35. The van der Waals surface area contributed by atoms with Crippen molar-refractivity contribution in [2.45, 2.75) is 39.0 Å². The van der Waals surface area contributed by atoms with E-state index < -0.39 is 5.41 Å². The van der Waals surface area contributed by atoms with E-state index in [1.54, 1.807) is 39.3 Å². The SMILES string of the molecule is COc1ccc(C(C#N)(CCCN(C)CCNC(=O)c2cccc3c(=O)c(C)c(-c4ccccc4)oc23)C(C)C)cc1OC. The van der Waals surface area contributed by atoms with E-state index in [0.29, 0.717) is 53.3 Å². The van der Waals surface area contributed by atoms with Crippen LogP contribution < -0.4 is 20.2 Å². The van der Waals surface area contributed by atoms with Crippen molar-refractivity contribution in [2.24, 2.45) is 5.92 Å². The molecule has 3 aromatic carbocycles. The number of ether oxygens (including phenoxy) is 2. The molecule has 44 heavy (non-hydrogen) atoms. The van der Waals surface area contributed by atoms with E-state index >= 15 is 0 Å². The predicted molar refractivity (Wildman–Crippen MR) is 173 cm³/mol. The van der Waals surface area contributed by atoms with Crippen molar-refractivity contribution >= 4 is 16.9 Å². The minimum absolute atomic E-state index is 0.0853. The molecular formula is C36H41N3O5. The molecule has 1 N–H and O–H groups in total. The summed E-state index contributed by atoms with van der Waals surface area (Å²) in [5.41, 5.74) is 1.98. The van der Waals surface area contributed by atoms with Gasteiger partial charge in [-0.3, -0.25) is 9.59 Å².